The van der Waals surface area contributed by atoms with Crippen LogP contribution in [0.3, 0.4) is 0 Å². The van der Waals surface area contributed by atoms with Crippen LogP contribution in [0.15, 0.2) is 48.5 Å². The molecule has 7 nitrogen and oxygen atoms in total. The van der Waals surface area contributed by atoms with E-state index in [-0.39, 0.29) is 11.8 Å². The first-order valence-electron chi connectivity index (χ1n) is 9.06. The molecule has 0 aromatic heterocycles. The number of carbonyl (C=O) groups excluding carboxylic acids is 2. The van der Waals surface area contributed by atoms with Gasteiger partial charge in [-0.3, -0.25) is 9.59 Å². The molecule has 0 saturated heterocycles. The molecular formula is C21H26N2O5. The van der Waals surface area contributed by atoms with Crippen LogP contribution in [0, 0.1) is 0 Å². The van der Waals surface area contributed by atoms with Gasteiger partial charge in [0.25, 0.3) is 11.8 Å². The van der Waals surface area contributed by atoms with Gasteiger partial charge in [0.2, 0.25) is 0 Å². The summed E-state index contributed by atoms with van der Waals surface area (Å²) >= 11 is 0. The molecule has 0 aliphatic rings. The number of nitrogens with one attached hydrogen (secondary N) is 2. The number of para-hydroxylation sites is 1. The van der Waals surface area contributed by atoms with Crippen molar-refractivity contribution in [2.24, 2.45) is 0 Å². The molecule has 0 radical (unpaired) electrons. The van der Waals surface area contributed by atoms with E-state index in [9.17, 15) is 9.59 Å². The summed E-state index contributed by atoms with van der Waals surface area (Å²) in [5, 5.41) is 5.54. The summed E-state index contributed by atoms with van der Waals surface area (Å²) in [6, 6.07) is 13.8. The van der Waals surface area contributed by atoms with Crippen molar-refractivity contribution in [3.8, 4) is 11.5 Å². The molecule has 2 N–H and O–H groups in total. The molecule has 0 aliphatic heterocycles. The monoisotopic (exact) mass is 386 g/mol. The number of anilines is 1. The Bertz CT molecular complexity index is 777. The zero-order chi connectivity index (χ0) is 20.4. The molecule has 150 valence electrons. The van der Waals surface area contributed by atoms with Gasteiger partial charge in [-0.05, 0) is 42.8 Å². The van der Waals surface area contributed by atoms with E-state index in [1.807, 2.05) is 6.92 Å². The van der Waals surface area contributed by atoms with Gasteiger partial charge >= 0.3 is 0 Å². The molecule has 0 aliphatic carbocycles. The Morgan fingerprint density at radius 3 is 2.32 bits per heavy atom. The van der Waals surface area contributed by atoms with Gasteiger partial charge in [-0.1, -0.05) is 19.1 Å². The number of benzene rings is 2. The average Bonchev–Trinajstić information content (AvgIpc) is 2.72. The minimum atomic E-state index is -0.696. The largest absolute Gasteiger partial charge is 0.497 e. The van der Waals surface area contributed by atoms with Gasteiger partial charge in [-0.15, -0.1) is 0 Å². The van der Waals surface area contributed by atoms with Crippen LogP contribution >= 0.6 is 0 Å². The van der Waals surface area contributed by atoms with E-state index in [4.69, 9.17) is 14.2 Å². The summed E-state index contributed by atoms with van der Waals surface area (Å²) in [4.78, 5) is 25.0. The molecule has 0 saturated carbocycles. The fourth-order valence-corrected chi connectivity index (χ4v) is 2.51. The van der Waals surface area contributed by atoms with Gasteiger partial charge in [0.05, 0.1) is 25.0 Å². The fourth-order valence-electron chi connectivity index (χ4n) is 2.51. The van der Waals surface area contributed by atoms with Crippen LogP contribution in [0.4, 0.5) is 5.69 Å². The van der Waals surface area contributed by atoms with Crippen LogP contribution in [0.2, 0.25) is 0 Å². The summed E-state index contributed by atoms with van der Waals surface area (Å²) in [7, 11) is 3.15. The first-order chi connectivity index (χ1) is 13.6. The predicted octanol–water partition coefficient (Wildman–Crippen LogP) is 2.87. The quantitative estimate of drug-likeness (QED) is 0.613. The Hall–Kier alpha value is -3.06. The maximum Gasteiger partial charge on any atom is 0.265 e. The maximum atomic E-state index is 12.7. The SMILES string of the molecule is CCC(Oc1ccc(OC)cc1)C(=O)Nc1ccccc1C(=O)NCCOC. The van der Waals surface area contributed by atoms with E-state index >= 15 is 0 Å². The van der Waals surface area contributed by atoms with Crippen molar-refractivity contribution in [1.29, 1.82) is 0 Å². The normalized spacial score (nSPS) is 11.4. The zero-order valence-electron chi connectivity index (χ0n) is 16.4. The lowest BCUT2D eigenvalue weighted by Gasteiger charge is -2.18. The minimum absolute atomic E-state index is 0.280. The number of hydrogen-bond donors (Lipinski definition) is 2. The van der Waals surface area contributed by atoms with Crippen LogP contribution in [-0.4, -0.2) is 45.3 Å². The second-order valence-electron chi connectivity index (χ2n) is 5.97. The Kier molecular flexibility index (Phi) is 8.30. The second-order valence-corrected chi connectivity index (χ2v) is 5.97. The third-order valence-electron chi connectivity index (χ3n) is 4.02. The highest BCUT2D eigenvalue weighted by atomic mass is 16.5. The van der Waals surface area contributed by atoms with Crippen LogP contribution in [0.1, 0.15) is 23.7 Å². The highest BCUT2D eigenvalue weighted by molar-refractivity contribution is 6.04. The number of rotatable bonds is 10. The van der Waals surface area contributed by atoms with Crippen LogP contribution < -0.4 is 20.1 Å². The van der Waals surface area contributed by atoms with E-state index in [0.717, 1.165) is 0 Å². The number of hydrogen-bond acceptors (Lipinski definition) is 5. The Labute approximate surface area is 165 Å². The molecule has 0 fully saturated rings. The standard InChI is InChI=1S/C21H26N2O5/c1-4-19(28-16-11-9-15(27-3)10-12-16)21(25)23-18-8-6-5-7-17(18)20(24)22-13-14-26-2/h5-12,19H,4,13-14H2,1-3H3,(H,22,24)(H,23,25). The summed E-state index contributed by atoms with van der Waals surface area (Å²) in [6.45, 7) is 2.65. The summed E-state index contributed by atoms with van der Waals surface area (Å²) in [5.74, 6) is 0.666. The van der Waals surface area contributed by atoms with Gasteiger partial charge in [-0.2, -0.15) is 0 Å². The zero-order valence-corrected chi connectivity index (χ0v) is 16.4. The number of methoxy groups -OCH3 is 2. The Morgan fingerprint density at radius 2 is 1.68 bits per heavy atom. The molecule has 2 rings (SSSR count). The molecule has 28 heavy (non-hydrogen) atoms. The smallest absolute Gasteiger partial charge is 0.265 e. The van der Waals surface area contributed by atoms with E-state index in [2.05, 4.69) is 10.6 Å². The summed E-state index contributed by atoms with van der Waals surface area (Å²) in [6.07, 6.45) is -0.224. The lowest BCUT2D eigenvalue weighted by atomic mass is 10.1. The van der Waals surface area contributed by atoms with Gasteiger partial charge in [-0.25, -0.2) is 0 Å². The lowest BCUT2D eigenvalue weighted by Crippen LogP contribution is -2.34. The predicted molar refractivity (Wildman–Crippen MR) is 107 cm³/mol. The molecule has 2 amide bonds. The lowest BCUT2D eigenvalue weighted by molar-refractivity contribution is -0.122. The van der Waals surface area contributed by atoms with Crippen molar-refractivity contribution in [2.45, 2.75) is 19.4 Å². The third kappa shape index (κ3) is 5.99. The van der Waals surface area contributed by atoms with Crippen molar-refractivity contribution < 1.29 is 23.8 Å². The Morgan fingerprint density at radius 1 is 1.00 bits per heavy atom. The van der Waals surface area contributed by atoms with E-state index in [0.29, 0.717) is 42.3 Å². The van der Waals surface area contributed by atoms with Crippen LogP contribution in [-0.2, 0) is 9.53 Å². The molecule has 2 aromatic carbocycles. The molecule has 1 unspecified atom stereocenters. The first kappa shape index (κ1) is 21.2. The van der Waals surface area contributed by atoms with E-state index in [1.54, 1.807) is 62.8 Å². The van der Waals surface area contributed by atoms with Gasteiger partial charge in [0.15, 0.2) is 6.10 Å². The first-order valence-corrected chi connectivity index (χ1v) is 9.06. The molecule has 0 heterocycles. The van der Waals surface area contributed by atoms with Gasteiger partial charge < -0.3 is 24.8 Å². The van der Waals surface area contributed by atoms with Crippen LogP contribution in [0.25, 0.3) is 0 Å². The maximum absolute atomic E-state index is 12.7. The van der Waals surface area contributed by atoms with Crippen molar-refractivity contribution in [1.82, 2.24) is 5.32 Å². The average molecular weight is 386 g/mol. The van der Waals surface area contributed by atoms with Gasteiger partial charge in [0.1, 0.15) is 11.5 Å². The second kappa shape index (κ2) is 10.9. The van der Waals surface area contributed by atoms with Crippen molar-refractivity contribution in [3.05, 3.63) is 54.1 Å². The number of carbonyl (C=O) groups is 2. The fraction of sp³-hybridized carbons (Fsp3) is 0.333. The van der Waals surface area contributed by atoms with Crippen molar-refractivity contribution in [3.63, 3.8) is 0 Å². The highest BCUT2D eigenvalue weighted by Crippen LogP contribution is 2.20. The minimum Gasteiger partial charge on any atom is -0.497 e. The summed E-state index contributed by atoms with van der Waals surface area (Å²) in [5.41, 5.74) is 0.811. The molecule has 1 atom stereocenters. The summed E-state index contributed by atoms with van der Waals surface area (Å²) < 4.78 is 15.8. The molecular weight excluding hydrogens is 360 g/mol. The Balaban J connectivity index is 2.06. The molecule has 0 spiro atoms. The topological polar surface area (TPSA) is 85.9 Å². The van der Waals surface area contributed by atoms with Crippen LogP contribution in [0.5, 0.6) is 11.5 Å². The molecule has 7 heteroatoms. The molecule has 0 bridgehead atoms. The third-order valence-corrected chi connectivity index (χ3v) is 4.02. The van der Waals surface area contributed by atoms with Crippen molar-refractivity contribution >= 4 is 17.5 Å². The number of ether oxygens (including phenoxy) is 3. The van der Waals surface area contributed by atoms with Crippen molar-refractivity contribution in [2.75, 3.05) is 32.7 Å². The highest BCUT2D eigenvalue weighted by Gasteiger charge is 2.21. The van der Waals surface area contributed by atoms with E-state index in [1.165, 1.54) is 0 Å². The van der Waals surface area contributed by atoms with Gasteiger partial charge in [0, 0.05) is 13.7 Å². The number of amides is 2. The molecule has 2 aromatic rings. The van der Waals surface area contributed by atoms with E-state index < -0.39 is 6.10 Å².